The Labute approximate surface area is 157 Å². The highest BCUT2D eigenvalue weighted by Gasteiger charge is 2.23. The first-order chi connectivity index (χ1) is 12.6. The molecular formula is C18H26N4O3S. The monoisotopic (exact) mass is 378 g/mol. The van der Waals surface area contributed by atoms with Gasteiger partial charge in [-0.05, 0) is 37.1 Å². The molecular weight excluding hydrogens is 352 g/mol. The van der Waals surface area contributed by atoms with Gasteiger partial charge in [0.05, 0.1) is 13.1 Å². The van der Waals surface area contributed by atoms with Gasteiger partial charge in [0.15, 0.2) is 0 Å². The minimum Gasteiger partial charge on any atom is -0.349 e. The van der Waals surface area contributed by atoms with Crippen LogP contribution in [0.5, 0.6) is 0 Å². The van der Waals surface area contributed by atoms with Crippen molar-refractivity contribution in [2.24, 2.45) is 0 Å². The van der Waals surface area contributed by atoms with Crippen LogP contribution in [0.3, 0.4) is 0 Å². The van der Waals surface area contributed by atoms with Gasteiger partial charge in [0.1, 0.15) is 0 Å². The Bertz CT molecular complexity index is 620. The Morgan fingerprint density at radius 1 is 1.12 bits per heavy atom. The second kappa shape index (κ2) is 9.14. The Hall–Kier alpha value is -1.93. The van der Waals surface area contributed by atoms with Crippen molar-refractivity contribution in [3.63, 3.8) is 0 Å². The van der Waals surface area contributed by atoms with Gasteiger partial charge in [0.25, 0.3) is 5.91 Å². The lowest BCUT2D eigenvalue weighted by Crippen LogP contribution is -2.48. The smallest absolute Gasteiger partial charge is 0.252 e. The molecule has 0 spiro atoms. The van der Waals surface area contributed by atoms with Crippen LogP contribution in [0.15, 0.2) is 16.8 Å². The van der Waals surface area contributed by atoms with E-state index in [1.165, 1.54) is 11.3 Å². The van der Waals surface area contributed by atoms with E-state index >= 15 is 0 Å². The molecule has 0 radical (unpaired) electrons. The van der Waals surface area contributed by atoms with Crippen molar-refractivity contribution in [2.45, 2.75) is 31.7 Å². The summed E-state index contributed by atoms with van der Waals surface area (Å²) in [4.78, 5) is 39.9. The van der Waals surface area contributed by atoms with Crippen molar-refractivity contribution >= 4 is 29.1 Å². The Morgan fingerprint density at radius 2 is 1.85 bits per heavy atom. The predicted molar refractivity (Wildman–Crippen MR) is 100 cm³/mol. The normalized spacial score (nSPS) is 18.7. The summed E-state index contributed by atoms with van der Waals surface area (Å²) in [7, 11) is 0. The molecule has 1 aromatic heterocycles. The average Bonchev–Trinajstić information content (AvgIpc) is 3.35. The molecule has 2 saturated heterocycles. The fourth-order valence-corrected chi connectivity index (χ4v) is 4.05. The Morgan fingerprint density at radius 3 is 2.50 bits per heavy atom. The molecule has 0 bridgehead atoms. The molecule has 0 aliphatic carbocycles. The molecule has 2 aliphatic rings. The van der Waals surface area contributed by atoms with E-state index < -0.39 is 0 Å². The van der Waals surface area contributed by atoms with Gasteiger partial charge in [0, 0.05) is 43.2 Å². The van der Waals surface area contributed by atoms with Gasteiger partial charge < -0.3 is 15.5 Å². The minimum atomic E-state index is -0.113. The highest BCUT2D eigenvalue weighted by atomic mass is 32.1. The van der Waals surface area contributed by atoms with Crippen LogP contribution in [0.4, 0.5) is 0 Å². The van der Waals surface area contributed by atoms with E-state index in [1.54, 1.807) is 0 Å². The highest BCUT2D eigenvalue weighted by molar-refractivity contribution is 7.08. The van der Waals surface area contributed by atoms with Gasteiger partial charge in [-0.15, -0.1) is 0 Å². The van der Waals surface area contributed by atoms with E-state index in [0.717, 1.165) is 51.9 Å². The molecule has 3 heterocycles. The van der Waals surface area contributed by atoms with Crippen LogP contribution < -0.4 is 10.6 Å². The maximum Gasteiger partial charge on any atom is 0.252 e. The summed E-state index contributed by atoms with van der Waals surface area (Å²) >= 11 is 1.51. The third kappa shape index (κ3) is 5.28. The zero-order valence-corrected chi connectivity index (χ0v) is 15.7. The maximum atomic E-state index is 12.1. The fraction of sp³-hybridized carbons (Fsp3) is 0.611. The van der Waals surface area contributed by atoms with Crippen LogP contribution in [0.1, 0.15) is 36.0 Å². The van der Waals surface area contributed by atoms with E-state index in [9.17, 15) is 14.4 Å². The van der Waals surface area contributed by atoms with Gasteiger partial charge in [-0.2, -0.15) is 11.3 Å². The lowest BCUT2D eigenvalue weighted by Gasteiger charge is -2.31. The number of hydrogen-bond donors (Lipinski definition) is 2. The van der Waals surface area contributed by atoms with Gasteiger partial charge in [-0.25, -0.2) is 0 Å². The number of nitrogens with one attached hydrogen (secondary N) is 2. The number of piperidine rings is 1. The van der Waals surface area contributed by atoms with Crippen molar-refractivity contribution in [1.29, 1.82) is 0 Å². The lowest BCUT2D eigenvalue weighted by molar-refractivity contribution is -0.132. The van der Waals surface area contributed by atoms with Crippen molar-refractivity contribution < 1.29 is 14.4 Å². The Kier molecular flexibility index (Phi) is 6.62. The summed E-state index contributed by atoms with van der Waals surface area (Å²) in [6, 6.07) is 1.97. The summed E-state index contributed by atoms with van der Waals surface area (Å²) in [6.45, 7) is 3.53. The molecule has 0 atom stereocenters. The maximum absolute atomic E-state index is 12.1. The van der Waals surface area contributed by atoms with E-state index in [-0.39, 0.29) is 30.3 Å². The first kappa shape index (κ1) is 18.8. The van der Waals surface area contributed by atoms with E-state index in [2.05, 4.69) is 15.5 Å². The average molecular weight is 378 g/mol. The van der Waals surface area contributed by atoms with Gasteiger partial charge in [0.2, 0.25) is 11.8 Å². The zero-order valence-electron chi connectivity index (χ0n) is 14.9. The summed E-state index contributed by atoms with van der Waals surface area (Å²) in [5, 5.41) is 9.52. The molecule has 0 unspecified atom stereocenters. The molecule has 8 heteroatoms. The van der Waals surface area contributed by atoms with Crippen LogP contribution in [0.2, 0.25) is 0 Å². The molecule has 3 rings (SSSR count). The minimum absolute atomic E-state index is 0.00528. The molecule has 3 amide bonds. The molecule has 2 aliphatic heterocycles. The summed E-state index contributed by atoms with van der Waals surface area (Å²) < 4.78 is 0. The van der Waals surface area contributed by atoms with Crippen molar-refractivity contribution in [3.05, 3.63) is 22.4 Å². The predicted octanol–water partition coefficient (Wildman–Crippen LogP) is 0.681. The van der Waals surface area contributed by atoms with E-state index in [0.29, 0.717) is 12.1 Å². The quantitative estimate of drug-likeness (QED) is 0.763. The third-order valence-electron chi connectivity index (χ3n) is 4.97. The standard InChI is InChI=1S/C18H26N4O3S/c23-16(19-11-17(24)22-6-1-2-7-22)12-21-8-3-15(4-9-21)20-18(25)14-5-10-26-13-14/h5,10,13,15H,1-4,6-9,11-12H2,(H,19,23)(H,20,25). The molecule has 26 heavy (non-hydrogen) atoms. The second-order valence-corrected chi connectivity index (χ2v) is 7.68. The number of thiophene rings is 1. The molecule has 0 aromatic carbocycles. The van der Waals surface area contributed by atoms with Gasteiger partial charge >= 0.3 is 0 Å². The summed E-state index contributed by atoms with van der Waals surface area (Å²) in [6.07, 6.45) is 3.76. The van der Waals surface area contributed by atoms with Crippen molar-refractivity contribution in [2.75, 3.05) is 39.3 Å². The second-order valence-electron chi connectivity index (χ2n) is 6.90. The first-order valence-corrected chi connectivity index (χ1v) is 10.2. The molecule has 1 aromatic rings. The number of hydrogen-bond acceptors (Lipinski definition) is 5. The van der Waals surface area contributed by atoms with Crippen LogP contribution in [-0.2, 0) is 9.59 Å². The van der Waals surface area contributed by atoms with Gasteiger partial charge in [-0.3, -0.25) is 19.3 Å². The van der Waals surface area contributed by atoms with E-state index in [1.807, 2.05) is 21.7 Å². The van der Waals surface area contributed by atoms with Crippen molar-refractivity contribution in [1.82, 2.24) is 20.4 Å². The highest BCUT2D eigenvalue weighted by Crippen LogP contribution is 2.12. The molecule has 2 N–H and O–H groups in total. The molecule has 0 saturated carbocycles. The lowest BCUT2D eigenvalue weighted by atomic mass is 10.0. The first-order valence-electron chi connectivity index (χ1n) is 9.22. The van der Waals surface area contributed by atoms with Crippen LogP contribution in [-0.4, -0.2) is 72.8 Å². The number of nitrogens with zero attached hydrogens (tertiary/aromatic N) is 2. The van der Waals surface area contributed by atoms with Crippen LogP contribution in [0, 0.1) is 0 Å². The Balaban J connectivity index is 1.32. The topological polar surface area (TPSA) is 81.8 Å². The summed E-state index contributed by atoms with van der Waals surface area (Å²) in [5.74, 6) is -0.133. The fourth-order valence-electron chi connectivity index (χ4n) is 3.41. The molecule has 7 nitrogen and oxygen atoms in total. The van der Waals surface area contributed by atoms with E-state index in [4.69, 9.17) is 0 Å². The zero-order chi connectivity index (χ0) is 18.4. The van der Waals surface area contributed by atoms with Crippen molar-refractivity contribution in [3.8, 4) is 0 Å². The molecule has 142 valence electrons. The van der Waals surface area contributed by atoms with Crippen LogP contribution >= 0.6 is 11.3 Å². The number of carbonyl (C=O) groups is 3. The number of carbonyl (C=O) groups excluding carboxylic acids is 3. The number of rotatable bonds is 6. The third-order valence-corrected chi connectivity index (χ3v) is 5.65. The summed E-state index contributed by atoms with van der Waals surface area (Å²) in [5.41, 5.74) is 0.708. The van der Waals surface area contributed by atoms with Gasteiger partial charge in [-0.1, -0.05) is 0 Å². The molecule has 2 fully saturated rings. The number of likely N-dealkylation sites (tertiary alicyclic amines) is 2. The van der Waals surface area contributed by atoms with Crippen LogP contribution in [0.25, 0.3) is 0 Å². The largest absolute Gasteiger partial charge is 0.349 e. The number of amides is 3. The SMILES string of the molecule is O=C(CN1CCC(NC(=O)c2ccsc2)CC1)NCC(=O)N1CCCC1.